The Labute approximate surface area is 159 Å². The molecular formula is C21H27NO5. The van der Waals surface area contributed by atoms with Gasteiger partial charge in [0.1, 0.15) is 11.5 Å². The van der Waals surface area contributed by atoms with Crippen molar-refractivity contribution in [3.8, 4) is 23.0 Å². The van der Waals surface area contributed by atoms with Crippen molar-refractivity contribution < 1.29 is 24.1 Å². The molecule has 0 aromatic heterocycles. The number of aromatic hydroxyl groups is 1. The summed E-state index contributed by atoms with van der Waals surface area (Å²) in [5.41, 5.74) is 7.33. The molecule has 6 nitrogen and oxygen atoms in total. The minimum absolute atomic E-state index is 0.0183. The van der Waals surface area contributed by atoms with Gasteiger partial charge in [-0.3, -0.25) is 4.79 Å². The highest BCUT2D eigenvalue weighted by Crippen LogP contribution is 2.33. The van der Waals surface area contributed by atoms with Crippen LogP contribution in [0.2, 0.25) is 0 Å². The molecule has 0 aliphatic carbocycles. The largest absolute Gasteiger partial charge is 0.507 e. The van der Waals surface area contributed by atoms with Crippen molar-refractivity contribution in [2.75, 3.05) is 26.1 Å². The molecule has 146 valence electrons. The number of anilines is 1. The fourth-order valence-corrected chi connectivity index (χ4v) is 2.76. The lowest BCUT2D eigenvalue weighted by molar-refractivity contribution is 0.101. The molecule has 0 heterocycles. The molecule has 0 saturated carbocycles. The van der Waals surface area contributed by atoms with Crippen molar-refractivity contribution in [1.29, 1.82) is 0 Å². The van der Waals surface area contributed by atoms with Crippen LogP contribution in [-0.2, 0) is 6.42 Å². The number of methoxy groups -OCH3 is 1. The fourth-order valence-electron chi connectivity index (χ4n) is 2.76. The number of phenols is 1. The minimum Gasteiger partial charge on any atom is -0.507 e. The predicted octanol–water partition coefficient (Wildman–Crippen LogP) is 3.99. The Morgan fingerprint density at radius 2 is 1.74 bits per heavy atom. The molecule has 0 radical (unpaired) electrons. The van der Waals surface area contributed by atoms with Crippen LogP contribution >= 0.6 is 0 Å². The number of nitrogen functional groups attached to an aromatic ring is 1. The molecule has 0 saturated heterocycles. The van der Waals surface area contributed by atoms with E-state index in [0.717, 1.165) is 6.42 Å². The zero-order valence-corrected chi connectivity index (χ0v) is 16.1. The van der Waals surface area contributed by atoms with E-state index < -0.39 is 0 Å². The van der Waals surface area contributed by atoms with Crippen LogP contribution in [0.4, 0.5) is 5.69 Å². The van der Waals surface area contributed by atoms with E-state index in [1.165, 1.54) is 6.92 Å². The first-order chi connectivity index (χ1) is 13.0. The zero-order valence-electron chi connectivity index (χ0n) is 16.1. The second kappa shape index (κ2) is 9.71. The van der Waals surface area contributed by atoms with Crippen LogP contribution < -0.4 is 19.9 Å². The van der Waals surface area contributed by atoms with Crippen molar-refractivity contribution in [3.63, 3.8) is 0 Å². The zero-order chi connectivity index (χ0) is 19.8. The Bertz CT molecular complexity index is 788. The maximum atomic E-state index is 11.6. The number of carbonyl (C=O) groups excluding carboxylic acids is 1. The lowest BCUT2D eigenvalue weighted by Crippen LogP contribution is -2.07. The van der Waals surface area contributed by atoms with Crippen LogP contribution in [0.3, 0.4) is 0 Å². The number of ketones is 1. The normalized spacial score (nSPS) is 10.5. The van der Waals surface area contributed by atoms with Crippen LogP contribution in [-0.4, -0.2) is 31.2 Å². The first-order valence-corrected chi connectivity index (χ1v) is 9.02. The summed E-state index contributed by atoms with van der Waals surface area (Å²) in [6.07, 6.45) is 2.13. The van der Waals surface area contributed by atoms with E-state index in [0.29, 0.717) is 60.1 Å². The number of ether oxygens (including phenoxy) is 3. The van der Waals surface area contributed by atoms with Crippen molar-refractivity contribution >= 4 is 11.5 Å². The first kappa shape index (κ1) is 20.4. The van der Waals surface area contributed by atoms with Gasteiger partial charge in [-0.2, -0.15) is 0 Å². The summed E-state index contributed by atoms with van der Waals surface area (Å²) < 4.78 is 16.8. The molecular weight excluding hydrogens is 346 g/mol. The number of rotatable bonds is 10. The molecule has 2 aromatic rings. The lowest BCUT2D eigenvalue weighted by atomic mass is 10.0. The van der Waals surface area contributed by atoms with E-state index in [4.69, 9.17) is 19.9 Å². The van der Waals surface area contributed by atoms with E-state index >= 15 is 0 Å². The molecule has 27 heavy (non-hydrogen) atoms. The van der Waals surface area contributed by atoms with Crippen molar-refractivity contribution in [1.82, 2.24) is 0 Å². The highest BCUT2D eigenvalue weighted by Gasteiger charge is 2.15. The molecule has 0 aliphatic rings. The van der Waals surface area contributed by atoms with Gasteiger partial charge < -0.3 is 25.1 Å². The number of hydrogen-bond acceptors (Lipinski definition) is 6. The fraction of sp³-hybridized carbons (Fsp3) is 0.381. The van der Waals surface area contributed by atoms with Gasteiger partial charge in [0.2, 0.25) is 0 Å². The predicted molar refractivity (Wildman–Crippen MR) is 105 cm³/mol. The Morgan fingerprint density at radius 3 is 2.37 bits per heavy atom. The van der Waals surface area contributed by atoms with Crippen LogP contribution in [0.25, 0.3) is 0 Å². The average Bonchev–Trinajstić information content (AvgIpc) is 2.64. The summed E-state index contributed by atoms with van der Waals surface area (Å²) in [7, 11) is 1.57. The van der Waals surface area contributed by atoms with Crippen LogP contribution in [0.1, 0.15) is 42.6 Å². The van der Waals surface area contributed by atoms with Crippen molar-refractivity contribution in [3.05, 3.63) is 41.5 Å². The van der Waals surface area contributed by atoms with Crippen molar-refractivity contribution in [2.24, 2.45) is 0 Å². The van der Waals surface area contributed by atoms with Gasteiger partial charge >= 0.3 is 0 Å². The summed E-state index contributed by atoms with van der Waals surface area (Å²) >= 11 is 0. The Balaban J connectivity index is 1.93. The molecule has 0 spiro atoms. The van der Waals surface area contributed by atoms with Gasteiger partial charge in [-0.1, -0.05) is 13.3 Å². The van der Waals surface area contributed by atoms with E-state index in [-0.39, 0.29) is 11.5 Å². The molecule has 0 fully saturated rings. The topological polar surface area (TPSA) is 91.0 Å². The molecule has 2 aromatic carbocycles. The van der Waals surface area contributed by atoms with E-state index in [1.54, 1.807) is 37.4 Å². The quantitative estimate of drug-likeness (QED) is 0.372. The third kappa shape index (κ3) is 5.29. The monoisotopic (exact) mass is 373 g/mol. The van der Waals surface area contributed by atoms with Crippen LogP contribution in [0, 0.1) is 0 Å². The molecule has 6 heteroatoms. The third-order valence-electron chi connectivity index (χ3n) is 4.11. The van der Waals surface area contributed by atoms with E-state index in [9.17, 15) is 9.90 Å². The summed E-state index contributed by atoms with van der Waals surface area (Å²) in [5, 5.41) is 10.4. The highest BCUT2D eigenvalue weighted by molar-refractivity contribution is 5.97. The Kier molecular flexibility index (Phi) is 7.34. The molecule has 2 rings (SSSR count). The Hall–Kier alpha value is -2.89. The van der Waals surface area contributed by atoms with Gasteiger partial charge in [0.25, 0.3) is 0 Å². The van der Waals surface area contributed by atoms with Gasteiger partial charge in [0.15, 0.2) is 17.3 Å². The third-order valence-corrected chi connectivity index (χ3v) is 4.11. The average molecular weight is 373 g/mol. The molecule has 0 bridgehead atoms. The second-order valence-electron chi connectivity index (χ2n) is 6.21. The highest BCUT2D eigenvalue weighted by atomic mass is 16.5. The molecule has 0 amide bonds. The molecule has 0 aliphatic heterocycles. The second-order valence-corrected chi connectivity index (χ2v) is 6.21. The van der Waals surface area contributed by atoms with Crippen LogP contribution in [0.5, 0.6) is 23.0 Å². The minimum atomic E-state index is -0.165. The lowest BCUT2D eigenvalue weighted by Gasteiger charge is -2.15. The van der Waals surface area contributed by atoms with E-state index in [2.05, 4.69) is 0 Å². The van der Waals surface area contributed by atoms with Crippen LogP contribution in [0.15, 0.2) is 30.3 Å². The van der Waals surface area contributed by atoms with E-state index in [1.807, 2.05) is 6.92 Å². The van der Waals surface area contributed by atoms with Gasteiger partial charge in [-0.05, 0) is 37.6 Å². The Morgan fingerprint density at radius 1 is 1.07 bits per heavy atom. The van der Waals surface area contributed by atoms with Gasteiger partial charge in [0, 0.05) is 23.7 Å². The summed E-state index contributed by atoms with van der Waals surface area (Å²) in [5.74, 6) is 1.67. The smallest absolute Gasteiger partial charge is 0.163 e. The number of hydrogen-bond donors (Lipinski definition) is 2. The summed E-state index contributed by atoms with van der Waals surface area (Å²) in [6, 6.07) is 8.58. The number of nitrogens with two attached hydrogens (primary N) is 1. The van der Waals surface area contributed by atoms with Crippen molar-refractivity contribution in [2.45, 2.75) is 33.1 Å². The van der Waals surface area contributed by atoms with Gasteiger partial charge in [-0.15, -0.1) is 0 Å². The molecule has 0 unspecified atom stereocenters. The number of phenolic OH excluding ortho intramolecular Hbond substituents is 1. The standard InChI is InChI=1S/C21H27NO5/c1-4-6-17-18(10-8-16(14(2)23)21(17)24)26-11-5-12-27-19-9-7-15(22)13-20(19)25-3/h7-10,13,24H,4-6,11-12,22H2,1-3H3. The molecule has 3 N–H and O–H groups in total. The van der Waals surface area contributed by atoms with Gasteiger partial charge in [0.05, 0.1) is 25.9 Å². The SMILES string of the molecule is CCCc1c(OCCCOc2ccc(N)cc2OC)ccc(C(C)=O)c1O. The summed E-state index contributed by atoms with van der Waals surface area (Å²) in [4.78, 5) is 11.6. The first-order valence-electron chi connectivity index (χ1n) is 9.02. The number of benzene rings is 2. The molecule has 0 atom stereocenters. The number of Topliss-reactive ketones (excluding diaryl/α,β-unsaturated/α-hetero) is 1. The maximum Gasteiger partial charge on any atom is 0.163 e. The maximum absolute atomic E-state index is 11.6. The van der Waals surface area contributed by atoms with Gasteiger partial charge in [-0.25, -0.2) is 0 Å². The number of carbonyl (C=O) groups is 1. The summed E-state index contributed by atoms with van der Waals surface area (Å²) in [6.45, 7) is 4.32.